The summed E-state index contributed by atoms with van der Waals surface area (Å²) in [7, 11) is 1.18. The Morgan fingerprint density at radius 1 is 1.00 bits per heavy atom. The van der Waals surface area contributed by atoms with Gasteiger partial charge in [0, 0.05) is 12.4 Å². The lowest BCUT2D eigenvalue weighted by Crippen LogP contribution is -2.42. The van der Waals surface area contributed by atoms with Crippen molar-refractivity contribution in [1.82, 2.24) is 19.1 Å². The quantitative estimate of drug-likeness (QED) is 0.400. The number of fused-ring (bicyclic) bond motifs is 1. The van der Waals surface area contributed by atoms with E-state index < -0.39 is 29.7 Å². The van der Waals surface area contributed by atoms with Gasteiger partial charge >= 0.3 is 11.7 Å². The van der Waals surface area contributed by atoms with Gasteiger partial charge in [-0.3, -0.25) is 14.2 Å². The zero-order valence-electron chi connectivity index (χ0n) is 18.9. The molecule has 0 radical (unpaired) electrons. The van der Waals surface area contributed by atoms with Gasteiger partial charge in [-0.25, -0.2) is 24.1 Å². The third-order valence-corrected chi connectivity index (χ3v) is 5.06. The number of amides is 1. The first-order chi connectivity index (χ1) is 17.0. The highest BCUT2D eigenvalue weighted by atomic mass is 16.5. The number of methoxy groups -OCH3 is 1. The highest BCUT2D eigenvalue weighted by Crippen LogP contribution is 2.23. The van der Waals surface area contributed by atoms with E-state index in [9.17, 15) is 19.2 Å². The molecule has 0 atom stereocenters. The fourth-order valence-corrected chi connectivity index (χ4v) is 3.56. The molecule has 3 heterocycles. The minimum absolute atomic E-state index is 0.0162. The molecule has 1 amide bonds. The number of carbonyl (C=O) groups excluding carboxylic acids is 2. The molecule has 0 fully saturated rings. The second kappa shape index (κ2) is 10.00. The standard InChI is InChI=1S/C24H21N5O6/c1-3-35-18-11-5-4-10-17(18)27-19(30)14-28-20-15(8-6-12-25-20)22(31)29(24(28)33)21-16(23(32)34-2)9-7-13-26-21/h4-13H,3,14H2,1-2H3,(H,27,30). The number of rotatable bonds is 7. The van der Waals surface area contributed by atoms with Gasteiger partial charge in [-0.2, -0.15) is 0 Å². The summed E-state index contributed by atoms with van der Waals surface area (Å²) in [6, 6.07) is 12.7. The van der Waals surface area contributed by atoms with Crippen molar-refractivity contribution in [2.45, 2.75) is 13.5 Å². The smallest absolute Gasteiger partial charge is 0.341 e. The number of anilines is 1. The Balaban J connectivity index is 1.85. The summed E-state index contributed by atoms with van der Waals surface area (Å²) in [4.78, 5) is 60.2. The summed E-state index contributed by atoms with van der Waals surface area (Å²) >= 11 is 0. The van der Waals surface area contributed by atoms with E-state index in [-0.39, 0.29) is 22.4 Å². The average molecular weight is 475 g/mol. The molecule has 4 rings (SSSR count). The molecule has 1 N–H and O–H groups in total. The van der Waals surface area contributed by atoms with Crippen molar-refractivity contribution < 1.29 is 19.1 Å². The first-order valence-corrected chi connectivity index (χ1v) is 10.6. The molecule has 0 aliphatic carbocycles. The van der Waals surface area contributed by atoms with Gasteiger partial charge in [0.1, 0.15) is 23.5 Å². The first-order valence-electron chi connectivity index (χ1n) is 10.6. The molecule has 11 nitrogen and oxygen atoms in total. The van der Waals surface area contributed by atoms with Crippen molar-refractivity contribution in [3.05, 3.63) is 87.3 Å². The van der Waals surface area contributed by atoms with Gasteiger partial charge in [0.2, 0.25) is 5.91 Å². The van der Waals surface area contributed by atoms with Crippen LogP contribution >= 0.6 is 0 Å². The molecule has 11 heteroatoms. The lowest BCUT2D eigenvalue weighted by Gasteiger charge is -2.15. The summed E-state index contributed by atoms with van der Waals surface area (Å²) in [6.45, 7) is 1.76. The van der Waals surface area contributed by atoms with Crippen LogP contribution in [0.3, 0.4) is 0 Å². The van der Waals surface area contributed by atoms with Crippen LogP contribution in [0.2, 0.25) is 0 Å². The summed E-state index contributed by atoms with van der Waals surface area (Å²) < 4.78 is 12.1. The number of hydrogen-bond acceptors (Lipinski definition) is 8. The predicted molar refractivity (Wildman–Crippen MR) is 127 cm³/mol. The molecular weight excluding hydrogens is 454 g/mol. The molecule has 0 bridgehead atoms. The van der Waals surface area contributed by atoms with Gasteiger partial charge in [0.15, 0.2) is 5.82 Å². The number of carbonyl (C=O) groups is 2. The van der Waals surface area contributed by atoms with Crippen LogP contribution in [0.1, 0.15) is 17.3 Å². The van der Waals surface area contributed by atoms with Crippen molar-refractivity contribution in [3.63, 3.8) is 0 Å². The number of pyridine rings is 2. The Morgan fingerprint density at radius 2 is 1.74 bits per heavy atom. The number of nitrogens with one attached hydrogen (secondary N) is 1. The molecule has 178 valence electrons. The highest BCUT2D eigenvalue weighted by Gasteiger charge is 2.22. The maximum atomic E-state index is 13.5. The van der Waals surface area contributed by atoms with Crippen LogP contribution in [0.25, 0.3) is 16.9 Å². The number of para-hydroxylation sites is 2. The SMILES string of the molecule is CCOc1ccccc1NC(=O)Cn1c(=O)n(-c2ncccc2C(=O)OC)c(=O)c2cccnc21. The van der Waals surface area contributed by atoms with Crippen molar-refractivity contribution >= 4 is 28.6 Å². The number of aromatic nitrogens is 4. The molecule has 1 aromatic carbocycles. The lowest BCUT2D eigenvalue weighted by molar-refractivity contribution is -0.116. The molecule has 0 unspecified atom stereocenters. The molecule has 4 aromatic rings. The Morgan fingerprint density at radius 3 is 2.51 bits per heavy atom. The monoisotopic (exact) mass is 475 g/mol. The molecule has 0 spiro atoms. The Labute approximate surface area is 198 Å². The molecule has 0 saturated heterocycles. The van der Waals surface area contributed by atoms with E-state index in [0.29, 0.717) is 18.0 Å². The summed E-state index contributed by atoms with van der Waals surface area (Å²) in [5.74, 6) is -1.07. The van der Waals surface area contributed by atoms with Gasteiger partial charge in [-0.05, 0) is 43.3 Å². The second-order valence-electron chi connectivity index (χ2n) is 7.23. The van der Waals surface area contributed by atoms with Crippen molar-refractivity contribution in [2.24, 2.45) is 0 Å². The van der Waals surface area contributed by atoms with Crippen LogP contribution < -0.4 is 21.3 Å². The molecule has 0 aliphatic heterocycles. The maximum absolute atomic E-state index is 13.5. The fourth-order valence-electron chi connectivity index (χ4n) is 3.56. The van der Waals surface area contributed by atoms with Crippen molar-refractivity contribution in [1.29, 1.82) is 0 Å². The number of esters is 1. The Hall–Kier alpha value is -4.80. The summed E-state index contributed by atoms with van der Waals surface area (Å²) in [5, 5.41) is 2.79. The minimum atomic E-state index is -0.890. The van der Waals surface area contributed by atoms with Crippen LogP contribution in [0, 0.1) is 0 Å². The zero-order valence-corrected chi connectivity index (χ0v) is 18.9. The number of benzene rings is 1. The van der Waals surface area contributed by atoms with E-state index in [1.54, 1.807) is 24.3 Å². The minimum Gasteiger partial charge on any atom is -0.492 e. The van der Waals surface area contributed by atoms with E-state index in [2.05, 4.69) is 15.3 Å². The normalized spacial score (nSPS) is 10.7. The van der Waals surface area contributed by atoms with Crippen LogP contribution in [0.15, 0.2) is 70.5 Å². The summed E-state index contributed by atoms with van der Waals surface area (Å²) in [6.07, 6.45) is 2.74. The maximum Gasteiger partial charge on any atom is 0.341 e. The second-order valence-corrected chi connectivity index (χ2v) is 7.23. The Kier molecular flexibility index (Phi) is 6.67. The van der Waals surface area contributed by atoms with Crippen molar-refractivity contribution in [3.8, 4) is 11.6 Å². The van der Waals surface area contributed by atoms with Crippen molar-refractivity contribution in [2.75, 3.05) is 19.0 Å². The number of nitrogens with zero attached hydrogens (tertiary/aromatic N) is 4. The first kappa shape index (κ1) is 23.4. The fraction of sp³-hybridized carbons (Fsp3) is 0.167. The van der Waals surface area contributed by atoms with Gasteiger partial charge in [0.05, 0.1) is 24.8 Å². The average Bonchev–Trinajstić information content (AvgIpc) is 2.88. The van der Waals surface area contributed by atoms with E-state index in [4.69, 9.17) is 9.47 Å². The molecule has 0 aliphatic rings. The van der Waals surface area contributed by atoms with Crippen LogP contribution in [0.5, 0.6) is 5.75 Å². The van der Waals surface area contributed by atoms with Crippen LogP contribution in [-0.4, -0.2) is 44.7 Å². The molecular formula is C24H21N5O6. The highest BCUT2D eigenvalue weighted by molar-refractivity contribution is 5.93. The Bertz CT molecular complexity index is 1540. The van der Waals surface area contributed by atoms with Gasteiger partial charge < -0.3 is 14.8 Å². The van der Waals surface area contributed by atoms with E-state index >= 15 is 0 Å². The van der Waals surface area contributed by atoms with E-state index in [0.717, 1.165) is 9.13 Å². The topological polar surface area (TPSA) is 134 Å². The summed E-state index contributed by atoms with van der Waals surface area (Å²) in [5.41, 5.74) is -1.27. The molecule has 0 saturated carbocycles. The largest absolute Gasteiger partial charge is 0.492 e. The lowest BCUT2D eigenvalue weighted by atomic mass is 10.2. The molecule has 35 heavy (non-hydrogen) atoms. The van der Waals surface area contributed by atoms with Crippen LogP contribution in [-0.2, 0) is 16.1 Å². The van der Waals surface area contributed by atoms with Gasteiger partial charge in [-0.1, -0.05) is 12.1 Å². The molecule has 3 aromatic heterocycles. The third kappa shape index (κ3) is 4.51. The number of ether oxygens (including phenoxy) is 2. The van der Waals surface area contributed by atoms with Gasteiger partial charge in [-0.15, -0.1) is 0 Å². The van der Waals surface area contributed by atoms with Crippen LogP contribution in [0.4, 0.5) is 5.69 Å². The number of hydrogen-bond donors (Lipinski definition) is 1. The predicted octanol–water partition coefficient (Wildman–Crippen LogP) is 1.77. The third-order valence-electron chi connectivity index (χ3n) is 5.06. The van der Waals surface area contributed by atoms with E-state index in [1.807, 2.05) is 6.92 Å². The van der Waals surface area contributed by atoms with E-state index in [1.165, 1.54) is 43.8 Å². The van der Waals surface area contributed by atoms with Gasteiger partial charge in [0.25, 0.3) is 5.56 Å². The zero-order chi connectivity index (χ0) is 24.9.